The molecule has 2 heterocycles. The Balaban J connectivity index is 1.82. The van der Waals surface area contributed by atoms with Crippen molar-refractivity contribution in [3.8, 4) is 23.7 Å². The normalized spacial score (nSPS) is 15.6. The van der Waals surface area contributed by atoms with Gasteiger partial charge in [-0.2, -0.15) is 0 Å². The summed E-state index contributed by atoms with van der Waals surface area (Å²) in [6.07, 6.45) is 6.62. The van der Waals surface area contributed by atoms with Crippen molar-refractivity contribution in [1.82, 2.24) is 4.90 Å². The molecule has 0 atom stereocenters. The molecule has 1 aliphatic heterocycles. The lowest BCUT2D eigenvalue weighted by atomic mass is 10.1. The number of furan rings is 1. The molecule has 6 nitrogen and oxygen atoms in total. The molecule has 1 aromatic carbocycles. The Morgan fingerprint density at radius 2 is 1.96 bits per heavy atom. The number of thioether (sulfide) groups is 1. The maximum Gasteiger partial charge on any atom is 0.294 e. The zero-order valence-corrected chi connectivity index (χ0v) is 13.5. The number of carbonyl (C=O) groups excluding carboxylic acids is 3. The second-order valence-corrected chi connectivity index (χ2v) is 6.03. The van der Waals surface area contributed by atoms with Gasteiger partial charge in [0, 0.05) is 11.6 Å². The smallest absolute Gasteiger partial charge is 0.294 e. The van der Waals surface area contributed by atoms with E-state index in [0.717, 1.165) is 16.7 Å². The monoisotopic (exact) mass is 352 g/mol. The molecule has 1 fully saturated rings. The molecule has 0 saturated carbocycles. The molecule has 0 bridgehead atoms. The topological polar surface area (TPSA) is 90.7 Å². The van der Waals surface area contributed by atoms with Crippen LogP contribution < -0.4 is 5.11 Å². The summed E-state index contributed by atoms with van der Waals surface area (Å²) >= 11 is 0.798. The third kappa shape index (κ3) is 3.34. The summed E-state index contributed by atoms with van der Waals surface area (Å²) in [4.78, 5) is 35.8. The highest BCUT2D eigenvalue weighted by Gasteiger charge is 2.34. The molecule has 0 unspecified atom stereocenters. The molecule has 0 radical (unpaired) electrons. The number of rotatable bonds is 4. The van der Waals surface area contributed by atoms with Gasteiger partial charge in [-0.1, -0.05) is 30.2 Å². The summed E-state index contributed by atoms with van der Waals surface area (Å²) in [6, 6.07) is 9.35. The number of hydrogen-bond donors (Lipinski definition) is 0. The summed E-state index contributed by atoms with van der Waals surface area (Å²) in [6.45, 7) is -0.0732. The number of benzene rings is 1. The van der Waals surface area contributed by atoms with Gasteiger partial charge < -0.3 is 14.3 Å². The first-order chi connectivity index (χ1) is 12.0. The van der Waals surface area contributed by atoms with Gasteiger partial charge in [-0.05, 0) is 29.5 Å². The van der Waals surface area contributed by atoms with Crippen molar-refractivity contribution in [2.24, 2.45) is 0 Å². The van der Waals surface area contributed by atoms with Gasteiger partial charge in [0.15, 0.2) is 0 Å². The standard InChI is InChI=1S/C18H11NO5S/c1-2-9-19-16(20)15(25-18(19)23)10-13-7-8-14(24-13)11-3-5-12(6-4-11)17(21)22/h1,3-8,10H,9H2,(H,21,22)/p-1/b15-10+. The summed E-state index contributed by atoms with van der Waals surface area (Å²) in [7, 11) is 0. The fourth-order valence-corrected chi connectivity index (χ4v) is 3.03. The fraction of sp³-hybridized carbons (Fsp3) is 0.0556. The Bertz CT molecular complexity index is 933. The molecule has 2 amide bonds. The maximum atomic E-state index is 12.1. The van der Waals surface area contributed by atoms with E-state index in [1.165, 1.54) is 18.2 Å². The maximum absolute atomic E-state index is 12.1. The van der Waals surface area contributed by atoms with Gasteiger partial charge in [-0.15, -0.1) is 6.42 Å². The van der Waals surface area contributed by atoms with Crippen LogP contribution in [0.4, 0.5) is 4.79 Å². The van der Waals surface area contributed by atoms with Crippen LogP contribution in [0.1, 0.15) is 16.1 Å². The van der Waals surface area contributed by atoms with Crippen molar-refractivity contribution < 1.29 is 23.9 Å². The van der Waals surface area contributed by atoms with Crippen LogP contribution in [0.2, 0.25) is 0 Å². The lowest BCUT2D eigenvalue weighted by Gasteiger charge is -2.06. The molecule has 0 aliphatic carbocycles. The molecule has 25 heavy (non-hydrogen) atoms. The quantitative estimate of drug-likeness (QED) is 0.617. The van der Waals surface area contributed by atoms with Crippen molar-refractivity contribution in [1.29, 1.82) is 0 Å². The number of nitrogens with zero attached hydrogens (tertiary/aromatic N) is 1. The Labute approximate surface area is 147 Å². The van der Waals surface area contributed by atoms with Crippen LogP contribution in [-0.2, 0) is 4.79 Å². The number of amides is 2. The second-order valence-electron chi connectivity index (χ2n) is 5.04. The summed E-state index contributed by atoms with van der Waals surface area (Å²) < 4.78 is 5.64. The van der Waals surface area contributed by atoms with Crippen LogP contribution in [0, 0.1) is 12.3 Å². The lowest BCUT2D eigenvalue weighted by Crippen LogP contribution is -2.28. The molecule has 0 N–H and O–H groups in total. The van der Waals surface area contributed by atoms with E-state index in [1.807, 2.05) is 0 Å². The number of carboxylic acid groups (broad SMARTS) is 1. The first-order valence-electron chi connectivity index (χ1n) is 7.10. The third-order valence-electron chi connectivity index (χ3n) is 3.43. The highest BCUT2D eigenvalue weighted by atomic mass is 32.2. The summed E-state index contributed by atoms with van der Waals surface area (Å²) in [5, 5.41) is 10.3. The minimum Gasteiger partial charge on any atom is -0.545 e. The Hall–Kier alpha value is -3.24. The predicted molar refractivity (Wildman–Crippen MR) is 90.0 cm³/mol. The van der Waals surface area contributed by atoms with Crippen molar-refractivity contribution in [2.75, 3.05) is 6.54 Å². The molecule has 1 aromatic heterocycles. The van der Waals surface area contributed by atoms with Gasteiger partial charge in [0.25, 0.3) is 11.1 Å². The third-order valence-corrected chi connectivity index (χ3v) is 4.34. The number of hydrogen-bond acceptors (Lipinski definition) is 6. The molecule has 3 rings (SSSR count). The van der Waals surface area contributed by atoms with Gasteiger partial charge >= 0.3 is 0 Å². The minimum absolute atomic E-state index is 0.0673. The zero-order chi connectivity index (χ0) is 18.0. The largest absolute Gasteiger partial charge is 0.545 e. The van der Waals surface area contributed by atoms with Gasteiger partial charge in [0.05, 0.1) is 17.4 Å². The van der Waals surface area contributed by atoms with E-state index in [9.17, 15) is 19.5 Å². The predicted octanol–water partition coefficient (Wildman–Crippen LogP) is 1.98. The van der Waals surface area contributed by atoms with Crippen molar-refractivity contribution in [3.63, 3.8) is 0 Å². The van der Waals surface area contributed by atoms with Crippen molar-refractivity contribution in [3.05, 3.63) is 52.6 Å². The second kappa shape index (κ2) is 6.71. The van der Waals surface area contributed by atoms with Crippen LogP contribution in [0.3, 0.4) is 0 Å². The lowest BCUT2D eigenvalue weighted by molar-refractivity contribution is -0.255. The average molecular weight is 352 g/mol. The first-order valence-corrected chi connectivity index (χ1v) is 7.91. The van der Waals surface area contributed by atoms with Crippen LogP contribution in [0.5, 0.6) is 0 Å². The Morgan fingerprint density at radius 1 is 1.24 bits per heavy atom. The van der Waals surface area contributed by atoms with Crippen LogP contribution >= 0.6 is 11.8 Å². The fourth-order valence-electron chi connectivity index (χ4n) is 2.21. The van der Waals surface area contributed by atoms with Gasteiger partial charge in [0.1, 0.15) is 11.5 Å². The molecular weight excluding hydrogens is 342 g/mol. The van der Waals surface area contributed by atoms with E-state index in [2.05, 4.69) is 5.92 Å². The molecule has 2 aromatic rings. The van der Waals surface area contributed by atoms with Crippen LogP contribution in [-0.4, -0.2) is 28.6 Å². The zero-order valence-electron chi connectivity index (χ0n) is 12.7. The Kier molecular flexibility index (Phi) is 4.46. The number of aromatic carboxylic acids is 1. The van der Waals surface area contributed by atoms with Crippen molar-refractivity contribution >= 4 is 35.0 Å². The van der Waals surface area contributed by atoms with E-state index in [-0.39, 0.29) is 17.0 Å². The van der Waals surface area contributed by atoms with E-state index in [4.69, 9.17) is 10.8 Å². The molecule has 1 saturated heterocycles. The number of carboxylic acids is 1. The highest BCUT2D eigenvalue weighted by Crippen LogP contribution is 2.33. The van der Waals surface area contributed by atoms with E-state index >= 15 is 0 Å². The van der Waals surface area contributed by atoms with Crippen molar-refractivity contribution in [2.45, 2.75) is 0 Å². The number of terminal acetylenes is 1. The van der Waals surface area contributed by atoms with Gasteiger partial charge in [0.2, 0.25) is 0 Å². The van der Waals surface area contributed by atoms with E-state index < -0.39 is 17.1 Å². The summed E-state index contributed by atoms with van der Waals surface area (Å²) in [5.74, 6) is 1.45. The average Bonchev–Trinajstić information content (AvgIpc) is 3.16. The first kappa shape index (κ1) is 16.6. The number of carbonyl (C=O) groups is 3. The summed E-state index contributed by atoms with van der Waals surface area (Å²) in [5.41, 5.74) is 0.739. The molecule has 7 heteroatoms. The van der Waals surface area contributed by atoms with Gasteiger partial charge in [-0.3, -0.25) is 14.5 Å². The van der Waals surface area contributed by atoms with Crippen LogP contribution in [0.15, 0.2) is 45.7 Å². The highest BCUT2D eigenvalue weighted by molar-refractivity contribution is 8.18. The molecule has 1 aliphatic rings. The van der Waals surface area contributed by atoms with Gasteiger partial charge in [-0.25, -0.2) is 0 Å². The molecule has 0 spiro atoms. The Morgan fingerprint density at radius 3 is 2.60 bits per heavy atom. The molecular formula is C18H10NO5S-. The van der Waals surface area contributed by atoms with Crippen LogP contribution in [0.25, 0.3) is 17.4 Å². The molecule has 124 valence electrons. The van der Waals surface area contributed by atoms with E-state index in [0.29, 0.717) is 17.1 Å². The minimum atomic E-state index is -1.26. The SMILES string of the molecule is C#CCN1C(=O)S/C(=C/c2ccc(-c3ccc(C(=O)[O-])cc3)o2)C1=O. The van der Waals surface area contributed by atoms with E-state index in [1.54, 1.807) is 24.3 Å². The number of imide groups is 1.